The van der Waals surface area contributed by atoms with Crippen LogP contribution in [0, 0.1) is 5.92 Å². The Hall–Kier alpha value is -1.10. The van der Waals surface area contributed by atoms with Crippen molar-refractivity contribution in [2.24, 2.45) is 5.92 Å². The summed E-state index contributed by atoms with van der Waals surface area (Å²) in [5.41, 5.74) is 0.976. The number of rotatable bonds is 5. The van der Waals surface area contributed by atoms with Gasteiger partial charge in [0.1, 0.15) is 5.92 Å². The summed E-state index contributed by atoms with van der Waals surface area (Å²) in [7, 11) is 2.12. The summed E-state index contributed by atoms with van der Waals surface area (Å²) in [5.74, 6) is 0.594. The van der Waals surface area contributed by atoms with Crippen molar-refractivity contribution in [3.63, 3.8) is 0 Å². The fourth-order valence-corrected chi connectivity index (χ4v) is 4.10. The molecule has 1 atom stereocenters. The number of fused-ring (bicyclic) bond motifs is 1. The first-order valence-electron chi connectivity index (χ1n) is 7.56. The Balaban J connectivity index is 1.70. The lowest BCUT2D eigenvalue weighted by molar-refractivity contribution is -0.145. The molecule has 0 aliphatic heterocycles. The molecular weight excluding hydrogens is 272 g/mol. The van der Waals surface area contributed by atoms with E-state index in [1.54, 1.807) is 11.3 Å². The highest BCUT2D eigenvalue weighted by Crippen LogP contribution is 2.40. The predicted molar refractivity (Wildman–Crippen MR) is 80.4 cm³/mol. The largest absolute Gasteiger partial charge is 0.465 e. The van der Waals surface area contributed by atoms with Gasteiger partial charge in [0.2, 0.25) is 0 Å². The minimum atomic E-state index is -0.132. The van der Waals surface area contributed by atoms with E-state index in [9.17, 15) is 4.79 Å². The van der Waals surface area contributed by atoms with Crippen molar-refractivity contribution in [1.82, 2.24) is 4.98 Å². The van der Waals surface area contributed by atoms with Crippen LogP contribution in [0.15, 0.2) is 0 Å². The molecule has 1 unspecified atom stereocenters. The van der Waals surface area contributed by atoms with Gasteiger partial charge in [0.05, 0.1) is 12.3 Å². The Morgan fingerprint density at radius 1 is 1.45 bits per heavy atom. The lowest BCUT2D eigenvalue weighted by Gasteiger charge is -2.29. The van der Waals surface area contributed by atoms with Crippen LogP contribution < -0.4 is 4.90 Å². The lowest BCUT2D eigenvalue weighted by atomic mass is 9.85. The minimum absolute atomic E-state index is 0.107. The van der Waals surface area contributed by atoms with E-state index in [2.05, 4.69) is 11.9 Å². The highest BCUT2D eigenvalue weighted by atomic mass is 32.1. The summed E-state index contributed by atoms with van der Waals surface area (Å²) in [5, 5.41) is 1.07. The van der Waals surface area contributed by atoms with Gasteiger partial charge in [-0.2, -0.15) is 0 Å². The molecule has 5 heteroatoms. The van der Waals surface area contributed by atoms with Gasteiger partial charge in [-0.1, -0.05) is 6.42 Å². The zero-order chi connectivity index (χ0) is 14.1. The normalized spacial score (nSPS) is 21.4. The Kier molecular flexibility index (Phi) is 3.96. The van der Waals surface area contributed by atoms with Crippen LogP contribution in [0.3, 0.4) is 0 Å². The van der Waals surface area contributed by atoms with Gasteiger partial charge < -0.3 is 9.64 Å². The topological polar surface area (TPSA) is 42.4 Å². The van der Waals surface area contributed by atoms with E-state index in [1.807, 2.05) is 6.92 Å². The monoisotopic (exact) mass is 294 g/mol. The van der Waals surface area contributed by atoms with Gasteiger partial charge in [0.15, 0.2) is 5.13 Å². The average Bonchev–Trinajstić information content (AvgIpc) is 2.93. The zero-order valence-corrected chi connectivity index (χ0v) is 13.0. The number of thiazole rings is 1. The summed E-state index contributed by atoms with van der Waals surface area (Å²) >= 11 is 1.75. The number of anilines is 1. The molecule has 110 valence electrons. The van der Waals surface area contributed by atoms with E-state index in [4.69, 9.17) is 9.72 Å². The van der Waals surface area contributed by atoms with E-state index in [0.717, 1.165) is 36.1 Å². The second kappa shape index (κ2) is 5.72. The molecule has 20 heavy (non-hydrogen) atoms. The number of ether oxygens (including phenoxy) is 1. The molecule has 0 radical (unpaired) electrons. The number of aryl methyl sites for hydroxylation is 1. The maximum atomic E-state index is 11.9. The molecule has 1 fully saturated rings. The Bertz CT molecular complexity index is 496. The summed E-state index contributed by atoms with van der Waals surface area (Å²) < 4.78 is 5.16. The highest BCUT2D eigenvalue weighted by molar-refractivity contribution is 7.15. The number of carbonyl (C=O) groups excluding carboxylic acids is 1. The number of hydrogen-bond acceptors (Lipinski definition) is 5. The second-order valence-electron chi connectivity index (χ2n) is 5.83. The molecule has 2 aliphatic carbocycles. The Labute approximate surface area is 124 Å². The SMILES string of the molecule is CCOC(=O)C1CCc2sc(N(C)CC3CCC3)nc21. The standard InChI is InChI=1S/C15H22N2O2S/c1-3-19-14(18)11-7-8-12-13(11)16-15(20-12)17(2)9-10-5-4-6-10/h10-11H,3-9H2,1-2H3. The second-order valence-corrected chi connectivity index (χ2v) is 6.89. The van der Waals surface area contributed by atoms with Crippen LogP contribution in [0.2, 0.25) is 0 Å². The van der Waals surface area contributed by atoms with Crippen LogP contribution in [0.4, 0.5) is 5.13 Å². The van der Waals surface area contributed by atoms with Crippen molar-refractivity contribution in [2.75, 3.05) is 25.1 Å². The number of hydrogen-bond donors (Lipinski definition) is 0. The molecule has 0 bridgehead atoms. The first-order chi connectivity index (χ1) is 9.69. The molecule has 1 aromatic heterocycles. The summed E-state index contributed by atoms with van der Waals surface area (Å²) in [6, 6.07) is 0. The third-order valence-corrected chi connectivity index (χ3v) is 5.61. The molecule has 0 spiro atoms. The van der Waals surface area contributed by atoms with E-state index in [0.29, 0.717) is 6.61 Å². The molecule has 1 saturated carbocycles. The lowest BCUT2D eigenvalue weighted by Crippen LogP contribution is -2.29. The van der Waals surface area contributed by atoms with Crippen LogP contribution in [-0.4, -0.2) is 31.2 Å². The number of carbonyl (C=O) groups is 1. The number of aromatic nitrogens is 1. The van der Waals surface area contributed by atoms with E-state index < -0.39 is 0 Å². The van der Waals surface area contributed by atoms with Gasteiger partial charge in [-0.3, -0.25) is 4.79 Å². The predicted octanol–water partition coefficient (Wildman–Crippen LogP) is 2.97. The smallest absolute Gasteiger partial charge is 0.315 e. The van der Waals surface area contributed by atoms with Crippen molar-refractivity contribution in [3.05, 3.63) is 10.6 Å². The van der Waals surface area contributed by atoms with Crippen LogP contribution in [0.25, 0.3) is 0 Å². The number of esters is 1. The van der Waals surface area contributed by atoms with Gasteiger partial charge in [-0.15, -0.1) is 11.3 Å². The van der Waals surface area contributed by atoms with Gasteiger partial charge in [-0.25, -0.2) is 4.98 Å². The van der Waals surface area contributed by atoms with Gasteiger partial charge in [0.25, 0.3) is 0 Å². The summed E-state index contributed by atoms with van der Waals surface area (Å²) in [6.45, 7) is 3.40. The van der Waals surface area contributed by atoms with Gasteiger partial charge >= 0.3 is 5.97 Å². The van der Waals surface area contributed by atoms with E-state index >= 15 is 0 Å². The maximum absolute atomic E-state index is 11.9. The third kappa shape index (κ3) is 2.55. The first kappa shape index (κ1) is 13.9. The molecule has 2 aliphatic rings. The van der Waals surface area contributed by atoms with Crippen LogP contribution in [0.1, 0.15) is 49.1 Å². The van der Waals surface area contributed by atoms with Crippen molar-refractivity contribution in [3.8, 4) is 0 Å². The van der Waals surface area contributed by atoms with Crippen molar-refractivity contribution < 1.29 is 9.53 Å². The maximum Gasteiger partial charge on any atom is 0.315 e. The molecule has 0 amide bonds. The van der Waals surface area contributed by atoms with E-state index in [-0.39, 0.29) is 11.9 Å². The molecule has 1 heterocycles. The minimum Gasteiger partial charge on any atom is -0.465 e. The molecule has 1 aromatic rings. The molecule has 4 nitrogen and oxygen atoms in total. The summed E-state index contributed by atoms with van der Waals surface area (Å²) in [6.07, 6.45) is 5.90. The van der Waals surface area contributed by atoms with Crippen LogP contribution >= 0.6 is 11.3 Å². The van der Waals surface area contributed by atoms with Crippen molar-refractivity contribution in [1.29, 1.82) is 0 Å². The Morgan fingerprint density at radius 2 is 2.25 bits per heavy atom. The zero-order valence-electron chi connectivity index (χ0n) is 12.2. The third-order valence-electron chi connectivity index (χ3n) is 4.36. The average molecular weight is 294 g/mol. The molecule has 3 rings (SSSR count). The molecule has 0 aromatic carbocycles. The van der Waals surface area contributed by atoms with E-state index in [1.165, 1.54) is 24.1 Å². The number of nitrogens with zero attached hydrogens (tertiary/aromatic N) is 2. The van der Waals surface area contributed by atoms with Gasteiger partial charge in [-0.05, 0) is 38.5 Å². The van der Waals surface area contributed by atoms with Crippen molar-refractivity contribution >= 4 is 22.4 Å². The van der Waals surface area contributed by atoms with Crippen molar-refractivity contribution in [2.45, 2.75) is 44.9 Å². The molecular formula is C15H22N2O2S. The first-order valence-corrected chi connectivity index (χ1v) is 8.38. The van der Waals surface area contributed by atoms with Gasteiger partial charge in [0, 0.05) is 18.5 Å². The molecule has 0 saturated heterocycles. The summed E-state index contributed by atoms with van der Waals surface area (Å²) in [4.78, 5) is 20.2. The fourth-order valence-electron chi connectivity index (χ4n) is 2.99. The quantitative estimate of drug-likeness (QED) is 0.783. The highest BCUT2D eigenvalue weighted by Gasteiger charge is 2.34. The van der Waals surface area contributed by atoms with Crippen LogP contribution in [0.5, 0.6) is 0 Å². The molecule has 0 N–H and O–H groups in total. The fraction of sp³-hybridized carbons (Fsp3) is 0.733. The van der Waals surface area contributed by atoms with Crippen LogP contribution in [-0.2, 0) is 16.0 Å². The Morgan fingerprint density at radius 3 is 2.90 bits per heavy atom.